The maximum Gasteiger partial charge on any atom is 0.279 e. The van der Waals surface area contributed by atoms with Crippen molar-refractivity contribution in [3.05, 3.63) is 28.4 Å². The quantitative estimate of drug-likeness (QED) is 0.896. The SMILES string of the molecule is CCC1CCc2nc(NC(=O)c3coc(C4CCOCC4)n3)sc2C1. The van der Waals surface area contributed by atoms with Gasteiger partial charge in [0.1, 0.15) is 6.26 Å². The molecule has 7 heteroatoms. The smallest absolute Gasteiger partial charge is 0.279 e. The van der Waals surface area contributed by atoms with Crippen molar-refractivity contribution in [1.29, 1.82) is 0 Å². The van der Waals surface area contributed by atoms with Crippen LogP contribution in [-0.2, 0) is 17.6 Å². The molecule has 4 rings (SSSR count). The van der Waals surface area contributed by atoms with Gasteiger partial charge >= 0.3 is 0 Å². The summed E-state index contributed by atoms with van der Waals surface area (Å²) in [6.07, 6.45) is 7.71. The molecule has 0 bridgehead atoms. The third kappa shape index (κ3) is 3.62. The Balaban J connectivity index is 1.42. The van der Waals surface area contributed by atoms with Crippen LogP contribution in [0.1, 0.15) is 65.5 Å². The lowest BCUT2D eigenvalue weighted by atomic mass is 9.89. The van der Waals surface area contributed by atoms with Gasteiger partial charge in [-0.25, -0.2) is 9.97 Å². The zero-order chi connectivity index (χ0) is 17.2. The van der Waals surface area contributed by atoms with Gasteiger partial charge in [-0.2, -0.15) is 0 Å². The molecule has 0 radical (unpaired) electrons. The molecular formula is C18H23N3O3S. The molecule has 2 aromatic heterocycles. The number of aryl methyl sites for hydroxylation is 1. The van der Waals surface area contributed by atoms with E-state index in [0.717, 1.165) is 50.5 Å². The number of nitrogens with zero attached hydrogens (tertiary/aromatic N) is 2. The minimum absolute atomic E-state index is 0.244. The normalized spacial score (nSPS) is 21.1. The number of aromatic nitrogens is 2. The van der Waals surface area contributed by atoms with Crippen LogP contribution in [0.3, 0.4) is 0 Å². The van der Waals surface area contributed by atoms with Gasteiger partial charge in [-0.05, 0) is 38.0 Å². The summed E-state index contributed by atoms with van der Waals surface area (Å²) in [5.74, 6) is 1.38. The highest BCUT2D eigenvalue weighted by atomic mass is 32.1. The van der Waals surface area contributed by atoms with Crippen LogP contribution in [0.4, 0.5) is 5.13 Å². The Bertz CT molecular complexity index is 749. The lowest BCUT2D eigenvalue weighted by molar-refractivity contribution is 0.0794. The van der Waals surface area contributed by atoms with E-state index < -0.39 is 0 Å². The number of carbonyl (C=O) groups excluding carboxylic acids is 1. The van der Waals surface area contributed by atoms with Crippen molar-refractivity contribution in [2.75, 3.05) is 18.5 Å². The second-order valence-corrected chi connectivity index (χ2v) is 7.90. The first-order valence-corrected chi connectivity index (χ1v) is 9.87. The fourth-order valence-corrected chi connectivity index (χ4v) is 4.65. The lowest BCUT2D eigenvalue weighted by Crippen LogP contribution is -2.15. The van der Waals surface area contributed by atoms with Crippen LogP contribution < -0.4 is 5.32 Å². The number of hydrogen-bond donors (Lipinski definition) is 1. The topological polar surface area (TPSA) is 77.2 Å². The molecule has 3 heterocycles. The van der Waals surface area contributed by atoms with E-state index >= 15 is 0 Å². The van der Waals surface area contributed by atoms with E-state index in [1.165, 1.54) is 24.0 Å². The molecule has 1 amide bonds. The molecule has 1 atom stereocenters. The van der Waals surface area contributed by atoms with Crippen molar-refractivity contribution in [3.8, 4) is 0 Å². The number of hydrogen-bond acceptors (Lipinski definition) is 6. The molecular weight excluding hydrogens is 338 g/mol. The molecule has 2 aliphatic rings. The van der Waals surface area contributed by atoms with Gasteiger partial charge in [0.2, 0.25) is 0 Å². The summed E-state index contributed by atoms with van der Waals surface area (Å²) in [4.78, 5) is 22.7. The highest BCUT2D eigenvalue weighted by molar-refractivity contribution is 7.15. The molecule has 0 saturated carbocycles. The number of fused-ring (bicyclic) bond motifs is 1. The standard InChI is InChI=1S/C18H23N3O3S/c1-2-11-3-4-13-15(9-11)25-18(20-13)21-16(22)14-10-24-17(19-14)12-5-7-23-8-6-12/h10-12H,2-9H2,1H3,(H,20,21,22). The van der Waals surface area contributed by atoms with Gasteiger partial charge in [-0.15, -0.1) is 11.3 Å². The predicted molar refractivity (Wildman–Crippen MR) is 95.2 cm³/mol. The monoisotopic (exact) mass is 361 g/mol. The van der Waals surface area contributed by atoms with Gasteiger partial charge in [0, 0.05) is 24.0 Å². The zero-order valence-corrected chi connectivity index (χ0v) is 15.2. The summed E-state index contributed by atoms with van der Waals surface area (Å²) in [6, 6.07) is 0. The first-order valence-electron chi connectivity index (χ1n) is 9.06. The summed E-state index contributed by atoms with van der Waals surface area (Å²) in [7, 11) is 0. The largest absolute Gasteiger partial charge is 0.448 e. The van der Waals surface area contributed by atoms with Crippen LogP contribution in [0.25, 0.3) is 0 Å². The Hall–Kier alpha value is -1.73. The Kier molecular flexibility index (Phi) is 4.85. The number of ether oxygens (including phenoxy) is 1. The van der Waals surface area contributed by atoms with Gasteiger partial charge in [0.25, 0.3) is 5.91 Å². The van der Waals surface area contributed by atoms with Crippen molar-refractivity contribution in [3.63, 3.8) is 0 Å². The van der Waals surface area contributed by atoms with Crippen molar-refractivity contribution >= 4 is 22.4 Å². The summed E-state index contributed by atoms with van der Waals surface area (Å²) >= 11 is 1.59. The molecule has 6 nitrogen and oxygen atoms in total. The minimum Gasteiger partial charge on any atom is -0.448 e. The highest BCUT2D eigenvalue weighted by Gasteiger charge is 2.24. The summed E-state index contributed by atoms with van der Waals surface area (Å²) in [5.41, 5.74) is 1.47. The summed E-state index contributed by atoms with van der Waals surface area (Å²) < 4.78 is 10.9. The van der Waals surface area contributed by atoms with E-state index in [4.69, 9.17) is 9.15 Å². The lowest BCUT2D eigenvalue weighted by Gasteiger charge is -2.18. The molecule has 1 N–H and O–H groups in total. The fourth-order valence-electron chi connectivity index (χ4n) is 3.53. The van der Waals surface area contributed by atoms with Crippen LogP contribution in [0.2, 0.25) is 0 Å². The molecule has 1 aliphatic carbocycles. The first-order chi connectivity index (χ1) is 12.2. The van der Waals surface area contributed by atoms with E-state index in [1.807, 2.05) is 0 Å². The maximum atomic E-state index is 12.5. The van der Waals surface area contributed by atoms with Crippen molar-refractivity contribution in [1.82, 2.24) is 9.97 Å². The fraction of sp³-hybridized carbons (Fsp3) is 0.611. The van der Waals surface area contributed by atoms with E-state index in [-0.39, 0.29) is 11.8 Å². The molecule has 0 aromatic carbocycles. The van der Waals surface area contributed by atoms with Gasteiger partial charge in [0.15, 0.2) is 16.7 Å². The molecule has 1 saturated heterocycles. The number of oxazole rings is 1. The molecule has 1 unspecified atom stereocenters. The molecule has 1 aliphatic heterocycles. The van der Waals surface area contributed by atoms with Gasteiger partial charge in [-0.1, -0.05) is 13.3 Å². The third-order valence-electron chi connectivity index (χ3n) is 5.16. The maximum absolute atomic E-state index is 12.5. The van der Waals surface area contributed by atoms with Gasteiger partial charge in [0.05, 0.1) is 5.69 Å². The Morgan fingerprint density at radius 3 is 2.96 bits per heavy atom. The number of thiazole rings is 1. The summed E-state index contributed by atoms with van der Waals surface area (Å²) in [5, 5.41) is 3.55. The molecule has 2 aromatic rings. The first kappa shape index (κ1) is 16.7. The molecule has 1 fully saturated rings. The number of anilines is 1. The van der Waals surface area contributed by atoms with Crippen LogP contribution >= 0.6 is 11.3 Å². The van der Waals surface area contributed by atoms with Crippen molar-refractivity contribution < 1.29 is 13.9 Å². The van der Waals surface area contributed by atoms with Crippen molar-refractivity contribution in [2.24, 2.45) is 5.92 Å². The van der Waals surface area contributed by atoms with Crippen LogP contribution in [0.15, 0.2) is 10.7 Å². The molecule has 25 heavy (non-hydrogen) atoms. The van der Waals surface area contributed by atoms with Gasteiger partial charge in [-0.3, -0.25) is 10.1 Å². The minimum atomic E-state index is -0.250. The highest BCUT2D eigenvalue weighted by Crippen LogP contribution is 2.33. The number of rotatable bonds is 4. The predicted octanol–water partition coefficient (Wildman–Crippen LogP) is 3.79. The second kappa shape index (κ2) is 7.25. The van der Waals surface area contributed by atoms with Crippen LogP contribution in [-0.4, -0.2) is 29.1 Å². The van der Waals surface area contributed by atoms with Gasteiger partial charge < -0.3 is 9.15 Å². The average Bonchev–Trinajstić information content (AvgIpc) is 3.28. The number of amides is 1. The van der Waals surface area contributed by atoms with E-state index in [2.05, 4.69) is 22.2 Å². The second-order valence-electron chi connectivity index (χ2n) is 6.82. The molecule has 134 valence electrons. The van der Waals surface area contributed by atoms with E-state index in [1.54, 1.807) is 11.3 Å². The molecule has 0 spiro atoms. The van der Waals surface area contributed by atoms with E-state index in [9.17, 15) is 4.79 Å². The Morgan fingerprint density at radius 1 is 1.32 bits per heavy atom. The third-order valence-corrected chi connectivity index (χ3v) is 6.20. The van der Waals surface area contributed by atoms with Crippen molar-refractivity contribution in [2.45, 2.75) is 51.4 Å². The van der Waals surface area contributed by atoms with Crippen LogP contribution in [0, 0.1) is 5.92 Å². The zero-order valence-electron chi connectivity index (χ0n) is 14.4. The average molecular weight is 361 g/mol. The summed E-state index contributed by atoms with van der Waals surface area (Å²) in [6.45, 7) is 3.68. The van der Waals surface area contributed by atoms with Crippen LogP contribution in [0.5, 0.6) is 0 Å². The van der Waals surface area contributed by atoms with E-state index in [0.29, 0.717) is 16.7 Å². The number of carbonyl (C=O) groups is 1. The Morgan fingerprint density at radius 2 is 2.16 bits per heavy atom. The Labute approximate surface area is 151 Å². The number of nitrogens with one attached hydrogen (secondary N) is 1.